The van der Waals surface area contributed by atoms with Gasteiger partial charge in [0.2, 0.25) is 0 Å². The second-order valence-electron chi connectivity index (χ2n) is 7.05. The Balaban J connectivity index is 2.21. The summed E-state index contributed by atoms with van der Waals surface area (Å²) in [5.74, 6) is -0.290. The average molecular weight is 403 g/mol. The van der Waals surface area contributed by atoms with Crippen molar-refractivity contribution < 1.29 is 14.6 Å². The molecule has 132 valence electrons. The molecule has 0 aliphatic heterocycles. The third-order valence-electron chi connectivity index (χ3n) is 3.88. The van der Waals surface area contributed by atoms with E-state index in [0.717, 1.165) is 27.2 Å². The van der Waals surface area contributed by atoms with Crippen molar-refractivity contribution in [3.8, 4) is 5.75 Å². The summed E-state index contributed by atoms with van der Waals surface area (Å²) in [4.78, 5) is 10.8. The summed E-state index contributed by atoms with van der Waals surface area (Å²) >= 11 is 3.44. The maximum atomic E-state index is 10.8. The molecule has 0 unspecified atom stereocenters. The molecule has 0 spiro atoms. The van der Waals surface area contributed by atoms with E-state index in [0.29, 0.717) is 12.4 Å². The third-order valence-corrected chi connectivity index (χ3v) is 4.33. The monoisotopic (exact) mass is 402 g/mol. The van der Waals surface area contributed by atoms with Crippen molar-refractivity contribution >= 4 is 28.0 Å². The van der Waals surface area contributed by atoms with Gasteiger partial charge < -0.3 is 9.84 Å². The number of hydrogen-bond acceptors (Lipinski definition) is 2. The average Bonchev–Trinajstić information content (AvgIpc) is 2.51. The number of carboxylic acid groups (broad SMARTS) is 1. The van der Waals surface area contributed by atoms with Crippen LogP contribution in [0.5, 0.6) is 5.75 Å². The Labute approximate surface area is 157 Å². The summed E-state index contributed by atoms with van der Waals surface area (Å²) in [6.07, 6.45) is 2.67. The quantitative estimate of drug-likeness (QED) is 0.649. The van der Waals surface area contributed by atoms with Crippen LogP contribution in [0.3, 0.4) is 0 Å². The number of halogens is 1. The van der Waals surface area contributed by atoms with Gasteiger partial charge in [0.05, 0.1) is 0 Å². The molecule has 3 nitrogen and oxygen atoms in total. The molecule has 1 N–H and O–H groups in total. The van der Waals surface area contributed by atoms with Crippen molar-refractivity contribution in [3.05, 3.63) is 69.2 Å². The standard InChI is InChI=1S/C21H23BrO3/c1-14-11-18(22)12-16(7-10-19(23)24)20(14)25-13-15-5-8-17(9-6-15)21(2,3)4/h5-12H,13H2,1-4H3,(H,23,24). The number of aliphatic carboxylic acids is 1. The first-order chi connectivity index (χ1) is 11.7. The molecule has 2 aromatic carbocycles. The van der Waals surface area contributed by atoms with Crippen molar-refractivity contribution in [2.45, 2.75) is 39.7 Å². The van der Waals surface area contributed by atoms with E-state index in [-0.39, 0.29) is 5.41 Å². The van der Waals surface area contributed by atoms with Crippen LogP contribution in [-0.2, 0) is 16.8 Å². The predicted octanol–water partition coefficient (Wildman–Crippen LogP) is 5.73. The first-order valence-corrected chi connectivity index (χ1v) is 8.89. The maximum Gasteiger partial charge on any atom is 0.328 e. The molecule has 25 heavy (non-hydrogen) atoms. The normalized spacial score (nSPS) is 11.7. The topological polar surface area (TPSA) is 46.5 Å². The Hall–Kier alpha value is -2.07. The number of hydrogen-bond donors (Lipinski definition) is 1. The second kappa shape index (κ2) is 7.87. The molecule has 0 saturated heterocycles. The minimum atomic E-state index is -0.985. The Morgan fingerprint density at radius 1 is 1.20 bits per heavy atom. The molecular formula is C21H23BrO3. The molecule has 0 heterocycles. The summed E-state index contributed by atoms with van der Waals surface area (Å²) in [7, 11) is 0. The molecule has 0 aliphatic carbocycles. The van der Waals surface area contributed by atoms with Crippen LogP contribution in [0.2, 0.25) is 0 Å². The highest BCUT2D eigenvalue weighted by Gasteiger charge is 2.13. The van der Waals surface area contributed by atoms with Crippen LogP contribution >= 0.6 is 15.9 Å². The molecule has 4 heteroatoms. The number of carbonyl (C=O) groups is 1. The van der Waals surface area contributed by atoms with E-state index in [1.807, 2.05) is 19.1 Å². The largest absolute Gasteiger partial charge is 0.488 e. The van der Waals surface area contributed by atoms with Gasteiger partial charge in [-0.15, -0.1) is 0 Å². The zero-order chi connectivity index (χ0) is 18.6. The third kappa shape index (κ3) is 5.46. The van der Waals surface area contributed by atoms with Crippen LogP contribution in [0.15, 0.2) is 46.9 Å². The van der Waals surface area contributed by atoms with Gasteiger partial charge in [-0.1, -0.05) is 61.0 Å². The van der Waals surface area contributed by atoms with Crippen molar-refractivity contribution in [1.29, 1.82) is 0 Å². The fraction of sp³-hybridized carbons (Fsp3) is 0.286. The lowest BCUT2D eigenvalue weighted by Crippen LogP contribution is -2.10. The molecule has 0 aliphatic rings. The minimum absolute atomic E-state index is 0.122. The van der Waals surface area contributed by atoms with Gasteiger partial charge in [0.15, 0.2) is 0 Å². The number of rotatable bonds is 5. The first kappa shape index (κ1) is 19.3. The highest BCUT2D eigenvalue weighted by molar-refractivity contribution is 9.10. The molecule has 0 fully saturated rings. The molecule has 0 aromatic heterocycles. The molecule has 0 radical (unpaired) electrons. The Morgan fingerprint density at radius 3 is 2.40 bits per heavy atom. The Bertz CT molecular complexity index is 784. The van der Waals surface area contributed by atoms with E-state index in [1.165, 1.54) is 5.56 Å². The van der Waals surface area contributed by atoms with Crippen LogP contribution in [0.4, 0.5) is 0 Å². The van der Waals surface area contributed by atoms with E-state index in [4.69, 9.17) is 9.84 Å². The highest BCUT2D eigenvalue weighted by atomic mass is 79.9. The SMILES string of the molecule is Cc1cc(Br)cc(C=CC(=O)O)c1OCc1ccc(C(C)(C)C)cc1. The lowest BCUT2D eigenvalue weighted by molar-refractivity contribution is -0.131. The zero-order valence-electron chi connectivity index (χ0n) is 15.0. The highest BCUT2D eigenvalue weighted by Crippen LogP contribution is 2.30. The summed E-state index contributed by atoms with van der Waals surface area (Å²) in [6.45, 7) is 8.93. The van der Waals surface area contributed by atoms with Crippen LogP contribution in [-0.4, -0.2) is 11.1 Å². The van der Waals surface area contributed by atoms with Crippen molar-refractivity contribution in [1.82, 2.24) is 0 Å². The summed E-state index contributed by atoms with van der Waals surface area (Å²) < 4.78 is 6.89. The predicted molar refractivity (Wildman–Crippen MR) is 105 cm³/mol. The fourth-order valence-corrected chi connectivity index (χ4v) is 3.08. The molecular weight excluding hydrogens is 380 g/mol. The number of ether oxygens (including phenoxy) is 1. The van der Waals surface area contributed by atoms with Crippen molar-refractivity contribution in [2.75, 3.05) is 0 Å². The lowest BCUT2D eigenvalue weighted by atomic mass is 9.87. The van der Waals surface area contributed by atoms with Gasteiger partial charge in [0.25, 0.3) is 0 Å². The van der Waals surface area contributed by atoms with E-state index < -0.39 is 5.97 Å². The van der Waals surface area contributed by atoms with E-state index in [1.54, 1.807) is 6.08 Å². The van der Waals surface area contributed by atoms with Crippen LogP contribution in [0, 0.1) is 6.92 Å². The van der Waals surface area contributed by atoms with Gasteiger partial charge in [-0.05, 0) is 47.2 Å². The molecule has 0 atom stereocenters. The fourth-order valence-electron chi connectivity index (χ4n) is 2.49. The van der Waals surface area contributed by atoms with Crippen LogP contribution < -0.4 is 4.74 Å². The van der Waals surface area contributed by atoms with E-state index >= 15 is 0 Å². The van der Waals surface area contributed by atoms with Gasteiger partial charge in [0.1, 0.15) is 12.4 Å². The van der Waals surface area contributed by atoms with Crippen LogP contribution in [0.25, 0.3) is 6.08 Å². The summed E-state index contributed by atoms with van der Waals surface area (Å²) in [5.41, 5.74) is 4.16. The van der Waals surface area contributed by atoms with Gasteiger partial charge in [-0.2, -0.15) is 0 Å². The van der Waals surface area contributed by atoms with E-state index in [2.05, 4.69) is 61.0 Å². The lowest BCUT2D eigenvalue weighted by Gasteiger charge is -2.19. The summed E-state index contributed by atoms with van der Waals surface area (Å²) in [5, 5.41) is 8.86. The number of aryl methyl sites for hydroxylation is 1. The molecule has 2 aromatic rings. The Kier molecular flexibility index (Phi) is 6.07. The second-order valence-corrected chi connectivity index (χ2v) is 7.96. The van der Waals surface area contributed by atoms with Gasteiger partial charge in [0, 0.05) is 16.1 Å². The number of benzene rings is 2. The zero-order valence-corrected chi connectivity index (χ0v) is 16.6. The van der Waals surface area contributed by atoms with Gasteiger partial charge in [-0.3, -0.25) is 0 Å². The maximum absolute atomic E-state index is 10.8. The van der Waals surface area contributed by atoms with Gasteiger partial charge >= 0.3 is 5.97 Å². The van der Waals surface area contributed by atoms with E-state index in [9.17, 15) is 4.79 Å². The smallest absolute Gasteiger partial charge is 0.328 e. The molecule has 0 amide bonds. The number of carboxylic acids is 1. The van der Waals surface area contributed by atoms with Gasteiger partial charge in [-0.25, -0.2) is 4.79 Å². The minimum Gasteiger partial charge on any atom is -0.488 e. The Morgan fingerprint density at radius 2 is 1.84 bits per heavy atom. The first-order valence-electron chi connectivity index (χ1n) is 8.10. The molecule has 0 saturated carbocycles. The molecule has 0 bridgehead atoms. The van der Waals surface area contributed by atoms with Crippen molar-refractivity contribution in [2.24, 2.45) is 0 Å². The molecule has 2 rings (SSSR count). The summed E-state index contributed by atoms with van der Waals surface area (Å²) in [6, 6.07) is 12.2. The van der Waals surface area contributed by atoms with Crippen molar-refractivity contribution in [3.63, 3.8) is 0 Å². The van der Waals surface area contributed by atoms with Crippen LogP contribution in [0.1, 0.15) is 43.0 Å².